The van der Waals surface area contributed by atoms with Crippen LogP contribution in [-0.4, -0.2) is 36.5 Å². The Morgan fingerprint density at radius 2 is 2.00 bits per heavy atom. The summed E-state index contributed by atoms with van der Waals surface area (Å²) in [6.07, 6.45) is 7.98. The summed E-state index contributed by atoms with van der Waals surface area (Å²) in [6.45, 7) is 10.1. The van der Waals surface area contributed by atoms with E-state index in [1.807, 2.05) is 0 Å². The Hall–Kier alpha value is -0.870. The molecule has 0 aromatic carbocycles. The first-order valence-electron chi connectivity index (χ1n) is 9.32. The van der Waals surface area contributed by atoms with Gasteiger partial charge in [0.1, 0.15) is 0 Å². The van der Waals surface area contributed by atoms with E-state index in [9.17, 15) is 4.79 Å². The molecule has 0 aliphatic carbocycles. The Morgan fingerprint density at radius 3 is 2.61 bits per heavy atom. The molecule has 3 nitrogen and oxygen atoms in total. The largest absolute Gasteiger partial charge is 0.349 e. The molecule has 0 atom stereocenters. The summed E-state index contributed by atoms with van der Waals surface area (Å²) < 4.78 is 0. The lowest BCUT2D eigenvalue weighted by Crippen LogP contribution is -2.44. The number of nitrogens with one attached hydrogen (secondary N) is 1. The minimum atomic E-state index is 0.138. The Kier molecular flexibility index (Phi) is 7.57. The molecular weight excluding hydrogens is 304 g/mol. The van der Waals surface area contributed by atoms with Crippen molar-refractivity contribution in [2.45, 2.75) is 71.8 Å². The highest BCUT2D eigenvalue weighted by atomic mass is 32.1. The van der Waals surface area contributed by atoms with Crippen LogP contribution < -0.4 is 5.32 Å². The second kappa shape index (κ2) is 9.43. The van der Waals surface area contributed by atoms with Gasteiger partial charge >= 0.3 is 0 Å². The third kappa shape index (κ3) is 5.32. The maximum Gasteiger partial charge on any atom is 0.261 e. The van der Waals surface area contributed by atoms with Gasteiger partial charge in [-0.15, -0.1) is 11.3 Å². The molecule has 1 N–H and O–H groups in total. The molecule has 0 unspecified atom stereocenters. The van der Waals surface area contributed by atoms with Crippen molar-refractivity contribution in [3.8, 4) is 0 Å². The molecule has 1 fully saturated rings. The van der Waals surface area contributed by atoms with E-state index in [1.165, 1.54) is 29.8 Å². The van der Waals surface area contributed by atoms with Crippen molar-refractivity contribution in [2.75, 3.05) is 19.6 Å². The zero-order chi connectivity index (χ0) is 16.7. The van der Waals surface area contributed by atoms with Crippen LogP contribution in [0.1, 0.15) is 73.0 Å². The lowest BCUT2D eigenvalue weighted by atomic mass is 10.0. The number of unbranched alkanes of at least 4 members (excludes halogenated alkanes) is 1. The maximum atomic E-state index is 12.5. The first-order chi connectivity index (χ1) is 11.2. The van der Waals surface area contributed by atoms with Crippen LogP contribution in [0.25, 0.3) is 0 Å². The van der Waals surface area contributed by atoms with Crippen molar-refractivity contribution in [1.29, 1.82) is 0 Å². The van der Waals surface area contributed by atoms with Gasteiger partial charge in [-0.2, -0.15) is 0 Å². The smallest absolute Gasteiger partial charge is 0.261 e. The molecule has 0 spiro atoms. The average Bonchev–Trinajstić information content (AvgIpc) is 2.98. The summed E-state index contributed by atoms with van der Waals surface area (Å²) in [5.74, 6) is 0.138. The fraction of sp³-hybridized carbons (Fsp3) is 0.737. The van der Waals surface area contributed by atoms with Gasteiger partial charge in [0.2, 0.25) is 0 Å². The van der Waals surface area contributed by atoms with E-state index in [0.717, 1.165) is 50.1 Å². The maximum absolute atomic E-state index is 12.5. The summed E-state index contributed by atoms with van der Waals surface area (Å²) in [5, 5.41) is 3.26. The number of thiophene rings is 1. The molecule has 0 bridgehead atoms. The van der Waals surface area contributed by atoms with Gasteiger partial charge in [0, 0.05) is 24.0 Å². The SMILES string of the molecule is CCCCN1CCC(NC(=O)c2cc(CC)c(CCC)s2)CC1. The fourth-order valence-corrected chi connectivity index (χ4v) is 4.51. The summed E-state index contributed by atoms with van der Waals surface area (Å²) in [5.41, 5.74) is 1.36. The summed E-state index contributed by atoms with van der Waals surface area (Å²) in [6, 6.07) is 2.46. The molecule has 0 saturated carbocycles. The van der Waals surface area contributed by atoms with Crippen LogP contribution >= 0.6 is 11.3 Å². The van der Waals surface area contributed by atoms with Crippen LogP contribution in [0, 0.1) is 0 Å². The second-order valence-corrected chi connectivity index (χ2v) is 7.74. The molecule has 1 aliphatic heterocycles. The molecule has 130 valence electrons. The number of carbonyl (C=O) groups excluding carboxylic acids is 1. The van der Waals surface area contributed by atoms with Gasteiger partial charge in [0.15, 0.2) is 0 Å². The van der Waals surface area contributed by atoms with Crippen molar-refractivity contribution in [3.63, 3.8) is 0 Å². The topological polar surface area (TPSA) is 32.3 Å². The molecule has 23 heavy (non-hydrogen) atoms. The number of carbonyl (C=O) groups is 1. The predicted molar refractivity (Wildman–Crippen MR) is 99.5 cm³/mol. The average molecular weight is 337 g/mol. The quantitative estimate of drug-likeness (QED) is 0.769. The Labute approximate surface area is 145 Å². The number of hydrogen-bond donors (Lipinski definition) is 1. The monoisotopic (exact) mass is 336 g/mol. The summed E-state index contributed by atoms with van der Waals surface area (Å²) >= 11 is 1.69. The molecule has 1 aliphatic rings. The normalized spacial score (nSPS) is 16.7. The van der Waals surface area contributed by atoms with E-state index in [4.69, 9.17) is 0 Å². The summed E-state index contributed by atoms with van der Waals surface area (Å²) in [4.78, 5) is 17.4. The van der Waals surface area contributed by atoms with Crippen molar-refractivity contribution in [1.82, 2.24) is 10.2 Å². The second-order valence-electron chi connectivity index (χ2n) is 6.61. The minimum Gasteiger partial charge on any atom is -0.349 e. The van der Waals surface area contributed by atoms with Crippen LogP contribution in [0.15, 0.2) is 6.07 Å². The van der Waals surface area contributed by atoms with E-state index >= 15 is 0 Å². The molecule has 1 aromatic heterocycles. The lowest BCUT2D eigenvalue weighted by Gasteiger charge is -2.32. The molecule has 2 rings (SSSR count). The van der Waals surface area contributed by atoms with E-state index in [1.54, 1.807) is 11.3 Å². The van der Waals surface area contributed by atoms with Crippen molar-refractivity contribution in [2.24, 2.45) is 0 Å². The number of nitrogens with zero attached hydrogens (tertiary/aromatic N) is 1. The van der Waals surface area contributed by atoms with Crippen LogP contribution in [0.4, 0.5) is 0 Å². The van der Waals surface area contributed by atoms with E-state index in [0.29, 0.717) is 6.04 Å². The first kappa shape index (κ1) is 18.5. The number of hydrogen-bond acceptors (Lipinski definition) is 3. The van der Waals surface area contributed by atoms with Crippen molar-refractivity contribution in [3.05, 3.63) is 21.4 Å². The van der Waals surface area contributed by atoms with E-state index in [2.05, 4.69) is 37.1 Å². The Bertz CT molecular complexity index is 490. The van der Waals surface area contributed by atoms with Gasteiger partial charge in [-0.3, -0.25) is 4.79 Å². The summed E-state index contributed by atoms with van der Waals surface area (Å²) in [7, 11) is 0. The molecule has 0 radical (unpaired) electrons. The first-order valence-corrected chi connectivity index (χ1v) is 10.1. The third-order valence-electron chi connectivity index (χ3n) is 4.73. The minimum absolute atomic E-state index is 0.138. The zero-order valence-corrected chi connectivity index (χ0v) is 15.8. The number of rotatable bonds is 8. The molecule has 1 amide bonds. The Morgan fingerprint density at radius 1 is 1.26 bits per heavy atom. The molecular formula is C19H32N2OS. The lowest BCUT2D eigenvalue weighted by molar-refractivity contribution is 0.0915. The molecule has 1 aromatic rings. The number of aryl methyl sites for hydroxylation is 2. The number of likely N-dealkylation sites (tertiary alicyclic amines) is 1. The van der Waals surface area contributed by atoms with Gasteiger partial charge in [0.25, 0.3) is 5.91 Å². The van der Waals surface area contributed by atoms with Crippen LogP contribution in [0.2, 0.25) is 0 Å². The van der Waals surface area contributed by atoms with E-state index < -0.39 is 0 Å². The van der Waals surface area contributed by atoms with Crippen molar-refractivity contribution >= 4 is 17.2 Å². The fourth-order valence-electron chi connectivity index (χ4n) is 3.26. The number of piperidine rings is 1. The van der Waals surface area contributed by atoms with Crippen LogP contribution in [0.3, 0.4) is 0 Å². The molecule has 4 heteroatoms. The zero-order valence-electron chi connectivity index (χ0n) is 15.0. The van der Waals surface area contributed by atoms with Crippen LogP contribution in [0.5, 0.6) is 0 Å². The standard InChI is InChI=1S/C19H32N2OS/c1-4-7-11-21-12-9-16(10-13-21)20-19(22)18-14-15(6-3)17(23-18)8-5-2/h14,16H,4-13H2,1-3H3,(H,20,22). The van der Waals surface area contributed by atoms with Gasteiger partial charge < -0.3 is 10.2 Å². The van der Waals surface area contributed by atoms with Gasteiger partial charge in [-0.1, -0.05) is 33.6 Å². The van der Waals surface area contributed by atoms with Gasteiger partial charge in [0.05, 0.1) is 4.88 Å². The molecule has 2 heterocycles. The highest BCUT2D eigenvalue weighted by Gasteiger charge is 2.22. The highest BCUT2D eigenvalue weighted by Crippen LogP contribution is 2.25. The third-order valence-corrected chi connectivity index (χ3v) is 5.96. The van der Waals surface area contributed by atoms with Crippen LogP contribution in [-0.2, 0) is 12.8 Å². The van der Waals surface area contributed by atoms with Crippen molar-refractivity contribution < 1.29 is 4.79 Å². The van der Waals surface area contributed by atoms with E-state index in [-0.39, 0.29) is 5.91 Å². The Balaban J connectivity index is 1.85. The molecule has 1 saturated heterocycles. The van der Waals surface area contributed by atoms with Gasteiger partial charge in [-0.05, 0) is 50.3 Å². The van der Waals surface area contributed by atoms with Gasteiger partial charge in [-0.25, -0.2) is 0 Å². The highest BCUT2D eigenvalue weighted by molar-refractivity contribution is 7.14. The number of amides is 1. The predicted octanol–water partition coefficient (Wildman–Crippen LogP) is 4.26.